The van der Waals surface area contributed by atoms with Gasteiger partial charge in [0.05, 0.1) is 46.3 Å². The van der Waals surface area contributed by atoms with Crippen LogP contribution in [0.4, 0.5) is 0 Å². The number of hydrogen-bond donors (Lipinski definition) is 2. The molecule has 34 heavy (non-hydrogen) atoms. The zero-order valence-electron chi connectivity index (χ0n) is 18.7. The van der Waals surface area contributed by atoms with Gasteiger partial charge in [-0.2, -0.15) is 5.10 Å². The van der Waals surface area contributed by atoms with Crippen LogP contribution in [-0.4, -0.2) is 45.9 Å². The fourth-order valence-electron chi connectivity index (χ4n) is 3.46. The number of hydrogen-bond acceptors (Lipinski definition) is 6. The van der Waals surface area contributed by atoms with E-state index in [9.17, 15) is 18.0 Å². The minimum atomic E-state index is -3.82. The molecule has 1 atom stereocenters. The predicted octanol–water partition coefficient (Wildman–Crippen LogP) is 3.75. The Morgan fingerprint density at radius 3 is 2.53 bits per heavy atom. The molecule has 0 radical (unpaired) electrons. The average Bonchev–Trinajstić information content (AvgIpc) is 3.19. The van der Waals surface area contributed by atoms with E-state index in [1.165, 1.54) is 24.7 Å². The van der Waals surface area contributed by atoms with Crippen molar-refractivity contribution in [2.75, 3.05) is 5.75 Å². The van der Waals surface area contributed by atoms with Crippen LogP contribution < -0.4 is 5.32 Å². The second kappa shape index (κ2) is 10.8. The number of halogens is 1. The number of carboxylic acid groups (broad SMARTS) is 1. The van der Waals surface area contributed by atoms with Crippen molar-refractivity contribution in [3.63, 3.8) is 0 Å². The molecule has 2 heterocycles. The number of amides is 1. The van der Waals surface area contributed by atoms with E-state index in [0.29, 0.717) is 28.3 Å². The van der Waals surface area contributed by atoms with E-state index in [-0.39, 0.29) is 10.8 Å². The van der Waals surface area contributed by atoms with E-state index in [2.05, 4.69) is 15.4 Å². The number of nitrogens with one attached hydrogen (secondary N) is 1. The first-order valence-corrected chi connectivity index (χ1v) is 12.7. The van der Waals surface area contributed by atoms with Crippen LogP contribution >= 0.6 is 11.6 Å². The molecule has 0 saturated heterocycles. The smallest absolute Gasteiger partial charge is 0.304 e. The van der Waals surface area contributed by atoms with Crippen LogP contribution in [-0.2, 0) is 14.6 Å². The minimum absolute atomic E-state index is 0.0756. The Morgan fingerprint density at radius 1 is 1.18 bits per heavy atom. The first-order valence-electron chi connectivity index (χ1n) is 10.6. The highest BCUT2D eigenvalue weighted by Gasteiger charge is 2.22. The van der Waals surface area contributed by atoms with Crippen LogP contribution in [0.15, 0.2) is 53.8 Å². The van der Waals surface area contributed by atoms with Gasteiger partial charge in [-0.25, -0.2) is 13.1 Å². The first kappa shape index (κ1) is 25.4. The lowest BCUT2D eigenvalue weighted by atomic mass is 10.0. The Kier molecular flexibility index (Phi) is 8.06. The van der Waals surface area contributed by atoms with Crippen molar-refractivity contribution in [3.8, 4) is 5.69 Å². The zero-order valence-corrected chi connectivity index (χ0v) is 20.3. The number of benzene rings is 1. The van der Waals surface area contributed by atoms with Crippen LogP contribution in [0.25, 0.3) is 5.69 Å². The quantitative estimate of drug-likeness (QED) is 0.429. The van der Waals surface area contributed by atoms with Gasteiger partial charge in [0.1, 0.15) is 0 Å². The van der Waals surface area contributed by atoms with E-state index in [0.717, 1.165) is 12.1 Å². The molecular formula is C23H25ClN4O5S. The number of aromatic nitrogens is 3. The summed E-state index contributed by atoms with van der Waals surface area (Å²) in [5.41, 5.74) is 2.30. The van der Waals surface area contributed by atoms with E-state index >= 15 is 0 Å². The fourth-order valence-corrected chi connectivity index (χ4v) is 4.80. The van der Waals surface area contributed by atoms with Crippen LogP contribution in [0.1, 0.15) is 53.8 Å². The van der Waals surface area contributed by atoms with Gasteiger partial charge < -0.3 is 10.4 Å². The van der Waals surface area contributed by atoms with E-state index in [4.69, 9.17) is 16.7 Å². The molecule has 0 saturated carbocycles. The minimum Gasteiger partial charge on any atom is -0.481 e. The molecule has 3 rings (SSSR count). The monoisotopic (exact) mass is 504 g/mol. The zero-order chi connectivity index (χ0) is 24.9. The summed E-state index contributed by atoms with van der Waals surface area (Å²) in [7, 11) is -3.82. The molecule has 3 aromatic rings. The molecule has 9 nitrogen and oxygen atoms in total. The van der Waals surface area contributed by atoms with Gasteiger partial charge in [0, 0.05) is 17.4 Å². The van der Waals surface area contributed by atoms with Crippen molar-refractivity contribution >= 4 is 33.3 Å². The number of carbonyl (C=O) groups is 2. The number of rotatable bonds is 10. The highest BCUT2D eigenvalue weighted by Crippen LogP contribution is 2.23. The number of nitrogens with zero attached hydrogens (tertiary/aromatic N) is 3. The topological polar surface area (TPSA) is 131 Å². The molecule has 2 aromatic heterocycles. The van der Waals surface area contributed by atoms with Crippen LogP contribution in [0.5, 0.6) is 0 Å². The van der Waals surface area contributed by atoms with Crippen molar-refractivity contribution in [2.24, 2.45) is 0 Å². The van der Waals surface area contributed by atoms with Crippen molar-refractivity contribution in [3.05, 3.63) is 70.8 Å². The molecule has 1 aromatic carbocycles. The van der Waals surface area contributed by atoms with Crippen LogP contribution in [0, 0.1) is 6.92 Å². The summed E-state index contributed by atoms with van der Waals surface area (Å²) in [4.78, 5) is 27.8. The number of aliphatic carboxylic acids is 1. The van der Waals surface area contributed by atoms with Crippen LogP contribution in [0.2, 0.25) is 5.02 Å². The summed E-state index contributed by atoms with van der Waals surface area (Å²) in [5.74, 6) is -2.07. The molecule has 0 aliphatic heterocycles. The molecule has 0 aliphatic rings. The van der Waals surface area contributed by atoms with Crippen LogP contribution in [0.3, 0.4) is 0 Å². The predicted molar refractivity (Wildman–Crippen MR) is 127 cm³/mol. The fraction of sp³-hybridized carbons (Fsp3) is 0.304. The SMILES string of the molecule is CCCC(NC(=O)c1cnn(-c2ccc(Cl)cc2)c1C)c1cncc(S(=O)(=O)CCC(=O)O)c1. The van der Waals surface area contributed by atoms with Crippen molar-refractivity contribution in [1.82, 2.24) is 20.1 Å². The number of carboxylic acids is 1. The Labute approximate surface area is 202 Å². The van der Waals surface area contributed by atoms with Gasteiger partial charge >= 0.3 is 5.97 Å². The molecule has 11 heteroatoms. The summed E-state index contributed by atoms with van der Waals surface area (Å²) in [6, 6.07) is 8.02. The second-order valence-corrected chi connectivity index (χ2v) is 10.3. The average molecular weight is 505 g/mol. The second-order valence-electron chi connectivity index (χ2n) is 7.76. The Hall–Kier alpha value is -3.24. The van der Waals surface area contributed by atoms with Gasteiger partial charge in [0.25, 0.3) is 5.91 Å². The standard InChI is InChI=1S/C23H25ClN4O5S/c1-3-4-21(16-11-19(13-25-12-16)34(32,33)10-9-22(29)30)27-23(31)20-14-26-28(15(20)2)18-7-5-17(24)6-8-18/h5-8,11-14,21H,3-4,9-10H2,1-2H3,(H,27,31)(H,29,30). The lowest BCUT2D eigenvalue weighted by Gasteiger charge is -2.19. The molecule has 0 spiro atoms. The molecule has 180 valence electrons. The third-order valence-electron chi connectivity index (χ3n) is 5.29. The molecule has 0 fully saturated rings. The highest BCUT2D eigenvalue weighted by molar-refractivity contribution is 7.91. The first-order chi connectivity index (χ1) is 16.1. The van der Waals surface area contributed by atoms with Gasteiger partial charge in [-0.3, -0.25) is 14.6 Å². The normalized spacial score (nSPS) is 12.3. The molecular weight excluding hydrogens is 480 g/mol. The van der Waals surface area contributed by atoms with Crippen molar-refractivity contribution < 1.29 is 23.1 Å². The van der Waals surface area contributed by atoms with Gasteiger partial charge in [-0.05, 0) is 49.2 Å². The van der Waals surface area contributed by atoms with Gasteiger partial charge in [-0.15, -0.1) is 0 Å². The summed E-state index contributed by atoms with van der Waals surface area (Å²) in [6.45, 7) is 3.73. The maximum absolute atomic E-state index is 13.1. The van der Waals surface area contributed by atoms with Crippen molar-refractivity contribution in [2.45, 2.75) is 44.0 Å². The van der Waals surface area contributed by atoms with E-state index in [1.54, 1.807) is 35.9 Å². The molecule has 0 bridgehead atoms. The Bertz CT molecular complexity index is 1290. The summed E-state index contributed by atoms with van der Waals surface area (Å²) < 4.78 is 26.6. The maximum atomic E-state index is 13.1. The van der Waals surface area contributed by atoms with Gasteiger partial charge in [0.2, 0.25) is 0 Å². The molecule has 1 unspecified atom stereocenters. The third kappa shape index (κ3) is 6.00. The van der Waals surface area contributed by atoms with E-state index < -0.39 is 34.0 Å². The highest BCUT2D eigenvalue weighted by atomic mass is 35.5. The van der Waals surface area contributed by atoms with Gasteiger partial charge in [0.15, 0.2) is 9.84 Å². The lowest BCUT2D eigenvalue weighted by molar-refractivity contribution is -0.136. The van der Waals surface area contributed by atoms with Gasteiger partial charge in [-0.1, -0.05) is 24.9 Å². The van der Waals surface area contributed by atoms with Crippen molar-refractivity contribution in [1.29, 1.82) is 0 Å². The molecule has 0 aliphatic carbocycles. The molecule has 2 N–H and O–H groups in total. The third-order valence-corrected chi connectivity index (χ3v) is 7.22. The number of sulfone groups is 1. The molecule has 1 amide bonds. The number of pyridine rings is 1. The maximum Gasteiger partial charge on any atom is 0.304 e. The summed E-state index contributed by atoms with van der Waals surface area (Å²) in [6.07, 6.45) is 4.94. The Balaban J connectivity index is 1.84. The largest absolute Gasteiger partial charge is 0.481 e. The lowest BCUT2D eigenvalue weighted by Crippen LogP contribution is -2.29. The number of carbonyl (C=O) groups excluding carboxylic acids is 1. The summed E-state index contributed by atoms with van der Waals surface area (Å²) >= 11 is 5.95. The Morgan fingerprint density at radius 2 is 1.88 bits per heavy atom. The van der Waals surface area contributed by atoms with E-state index in [1.807, 2.05) is 6.92 Å². The summed E-state index contributed by atoms with van der Waals surface area (Å²) in [5, 5.41) is 16.7.